The van der Waals surface area contributed by atoms with Crippen LogP contribution >= 0.6 is 25.3 Å². The Balaban J connectivity index is 2.55. The largest absolute Gasteiger partial charge is 0.373 e. The van der Waals surface area contributed by atoms with Gasteiger partial charge in [0.1, 0.15) is 4.87 Å². The number of likely N-dealkylation sites (N-methyl/N-ethyl adjacent to an activating group) is 1. The highest BCUT2D eigenvalue weighted by molar-refractivity contribution is 7.85. The number of rotatable bonds is 5. The molecule has 0 aliphatic carbocycles. The number of hydrogen-bond donors (Lipinski definition) is 4. The molecule has 1 aromatic carbocycles. The molecule has 1 aromatic heterocycles. The highest BCUT2D eigenvalue weighted by Crippen LogP contribution is 2.44. The van der Waals surface area contributed by atoms with E-state index in [-0.39, 0.29) is 6.42 Å². The van der Waals surface area contributed by atoms with E-state index >= 15 is 0 Å². The highest BCUT2D eigenvalue weighted by atomic mass is 32.1. The minimum Gasteiger partial charge on any atom is -0.373 e. The molecule has 0 saturated heterocycles. The van der Waals surface area contributed by atoms with E-state index in [1.165, 1.54) is 0 Å². The number of aromatic nitrogens is 1. The molecule has 122 valence electrons. The van der Waals surface area contributed by atoms with Crippen LogP contribution in [0.1, 0.15) is 18.1 Å². The lowest BCUT2D eigenvalue weighted by Gasteiger charge is -2.42. The van der Waals surface area contributed by atoms with Gasteiger partial charge >= 0.3 is 0 Å². The Morgan fingerprint density at radius 2 is 1.95 bits per heavy atom. The maximum absolute atomic E-state index is 12.6. The van der Waals surface area contributed by atoms with Gasteiger partial charge in [0.15, 0.2) is 4.93 Å². The van der Waals surface area contributed by atoms with Crippen molar-refractivity contribution in [2.45, 2.75) is 29.6 Å². The van der Waals surface area contributed by atoms with E-state index in [1.54, 1.807) is 50.3 Å². The summed E-state index contributed by atoms with van der Waals surface area (Å²) in [6, 6.07) is 5.04. The average molecular weight is 346 g/mol. The topological polar surface area (TPSA) is 39.3 Å². The van der Waals surface area contributed by atoms with E-state index in [0.717, 1.165) is 5.52 Å². The minimum atomic E-state index is -2.41. The summed E-state index contributed by atoms with van der Waals surface area (Å²) in [7, 11) is 3.57. The summed E-state index contributed by atoms with van der Waals surface area (Å²) < 4.78 is 25.2. The molecule has 22 heavy (non-hydrogen) atoms. The molecule has 1 heterocycles. The predicted molar refractivity (Wildman–Crippen MR) is 92.0 cm³/mol. The van der Waals surface area contributed by atoms with Crippen LogP contribution in [0.4, 0.5) is 8.78 Å². The van der Waals surface area contributed by atoms with Crippen LogP contribution in [0.5, 0.6) is 0 Å². The van der Waals surface area contributed by atoms with Crippen LogP contribution in [0.3, 0.4) is 0 Å². The van der Waals surface area contributed by atoms with Gasteiger partial charge in [-0.1, -0.05) is 6.07 Å². The van der Waals surface area contributed by atoms with Gasteiger partial charge in [0, 0.05) is 29.1 Å². The molecule has 2 N–H and O–H groups in total. The second kappa shape index (κ2) is 6.03. The third-order valence-corrected chi connectivity index (χ3v) is 5.62. The highest BCUT2D eigenvalue weighted by Gasteiger charge is 2.46. The number of hydrogen-bond acceptors (Lipinski definition) is 4. The van der Waals surface area contributed by atoms with Crippen LogP contribution in [0, 0.1) is 0 Å². The Morgan fingerprint density at radius 1 is 1.32 bits per heavy atom. The molecule has 0 aliphatic heterocycles. The zero-order valence-electron chi connectivity index (χ0n) is 12.6. The van der Waals surface area contributed by atoms with Crippen LogP contribution in [0.15, 0.2) is 24.4 Å². The van der Waals surface area contributed by atoms with Gasteiger partial charge in [0.25, 0.3) is 0 Å². The number of alkyl halides is 2. The smallest absolute Gasteiger partial charge is 0.242 e. The number of aromatic amines is 1. The van der Waals surface area contributed by atoms with Gasteiger partial charge in [0.05, 0.1) is 0 Å². The first-order chi connectivity index (χ1) is 10.1. The lowest BCUT2D eigenvalue weighted by atomic mass is 9.98. The Kier molecular flexibility index (Phi) is 4.82. The van der Waals surface area contributed by atoms with Crippen LogP contribution < -0.4 is 0 Å². The number of benzene rings is 1. The van der Waals surface area contributed by atoms with E-state index in [9.17, 15) is 13.9 Å². The van der Waals surface area contributed by atoms with Gasteiger partial charge < -0.3 is 10.1 Å². The summed E-state index contributed by atoms with van der Waals surface area (Å²) >= 11 is 8.93. The molecule has 2 aromatic rings. The van der Waals surface area contributed by atoms with Gasteiger partial charge in [-0.2, -0.15) is 12.6 Å². The van der Waals surface area contributed by atoms with Crippen molar-refractivity contribution in [3.05, 3.63) is 35.5 Å². The fraction of sp³-hybridized carbons (Fsp3) is 0.467. The molecule has 0 saturated carbocycles. The summed E-state index contributed by atoms with van der Waals surface area (Å²) in [6.07, 6.45) is -1.09. The predicted octanol–water partition coefficient (Wildman–Crippen LogP) is 3.26. The van der Waals surface area contributed by atoms with E-state index in [1.807, 2.05) is 0 Å². The molecule has 0 spiro atoms. The number of fused-ring (bicyclic) bond motifs is 1. The van der Waals surface area contributed by atoms with Crippen molar-refractivity contribution >= 4 is 36.2 Å². The number of halogens is 2. The third-order valence-electron chi connectivity index (χ3n) is 4.04. The van der Waals surface area contributed by atoms with Crippen LogP contribution in [-0.2, 0) is 11.4 Å². The first-order valence-corrected chi connectivity index (χ1v) is 7.70. The number of aliphatic hydroxyl groups is 1. The first-order valence-electron chi connectivity index (χ1n) is 6.80. The SMILES string of the molecule is CN(C)C(C)(S)C(O)(S)c1c[nH]c2ccc(CC(F)F)cc12. The van der Waals surface area contributed by atoms with E-state index in [2.05, 4.69) is 30.2 Å². The van der Waals surface area contributed by atoms with Gasteiger partial charge in [-0.15, -0.1) is 12.6 Å². The van der Waals surface area contributed by atoms with Gasteiger partial charge in [-0.05, 0) is 38.7 Å². The molecule has 2 rings (SSSR count). The maximum Gasteiger partial charge on any atom is 0.242 e. The number of thiol groups is 2. The molecule has 2 atom stereocenters. The molecule has 0 aliphatic rings. The van der Waals surface area contributed by atoms with Crippen molar-refractivity contribution in [1.29, 1.82) is 0 Å². The zero-order valence-corrected chi connectivity index (χ0v) is 14.4. The van der Waals surface area contributed by atoms with Crippen LogP contribution in [0.25, 0.3) is 10.9 Å². The fourth-order valence-electron chi connectivity index (χ4n) is 2.33. The lowest BCUT2D eigenvalue weighted by Crippen LogP contribution is -2.51. The van der Waals surface area contributed by atoms with E-state index in [4.69, 9.17) is 0 Å². The summed E-state index contributed by atoms with van der Waals surface area (Å²) in [5.74, 6) is 0. The zero-order chi connectivity index (χ0) is 16.7. The lowest BCUT2D eigenvalue weighted by molar-refractivity contribution is 0.0358. The first kappa shape index (κ1) is 17.6. The molecule has 0 radical (unpaired) electrons. The van der Waals surface area contributed by atoms with Crippen molar-refractivity contribution in [2.75, 3.05) is 14.1 Å². The second-order valence-electron chi connectivity index (χ2n) is 5.76. The molecule has 7 heteroatoms. The van der Waals surface area contributed by atoms with Crippen molar-refractivity contribution in [2.24, 2.45) is 0 Å². The van der Waals surface area contributed by atoms with Crippen molar-refractivity contribution in [1.82, 2.24) is 9.88 Å². The van der Waals surface area contributed by atoms with Gasteiger partial charge in [-0.25, -0.2) is 8.78 Å². The third kappa shape index (κ3) is 2.99. The number of H-pyrrole nitrogens is 1. The van der Waals surface area contributed by atoms with Crippen LogP contribution in [-0.4, -0.2) is 40.4 Å². The Bertz CT molecular complexity index is 669. The van der Waals surface area contributed by atoms with Gasteiger partial charge in [-0.3, -0.25) is 4.90 Å². The molecule has 0 bridgehead atoms. The molecule has 0 fully saturated rings. The van der Waals surface area contributed by atoms with Crippen LogP contribution in [0.2, 0.25) is 0 Å². The Hall–Kier alpha value is -0.760. The maximum atomic E-state index is 12.6. The normalized spacial score (nSPS) is 17.9. The van der Waals surface area contributed by atoms with Crippen molar-refractivity contribution in [3.8, 4) is 0 Å². The molecular weight excluding hydrogens is 326 g/mol. The molecule has 2 unspecified atom stereocenters. The summed E-state index contributed by atoms with van der Waals surface area (Å²) in [6.45, 7) is 1.74. The number of nitrogens with one attached hydrogen (secondary N) is 1. The quantitative estimate of drug-likeness (QED) is 0.496. The second-order valence-corrected chi connectivity index (χ2v) is 7.28. The Labute approximate surface area is 139 Å². The Morgan fingerprint density at radius 3 is 2.50 bits per heavy atom. The van der Waals surface area contributed by atoms with Crippen molar-refractivity contribution < 1.29 is 13.9 Å². The van der Waals surface area contributed by atoms with E-state index < -0.39 is 16.2 Å². The molecular formula is C15H20F2N2OS2. The minimum absolute atomic E-state index is 0.322. The van der Waals surface area contributed by atoms with Crippen molar-refractivity contribution in [3.63, 3.8) is 0 Å². The van der Waals surface area contributed by atoms with Gasteiger partial charge in [0.2, 0.25) is 6.43 Å². The number of nitrogens with zero attached hydrogens (tertiary/aromatic N) is 1. The average Bonchev–Trinajstić information content (AvgIpc) is 2.81. The standard InChI is InChI=1S/C15H20F2N2OS2/c1-14(21,19(2)3)15(20,22)11-8-18-12-5-4-9(6-10(11)12)7-13(16)17/h4-6,8,13,18,20-22H,7H2,1-3H3. The summed E-state index contributed by atoms with van der Waals surface area (Å²) in [4.78, 5) is 2.23. The summed E-state index contributed by atoms with van der Waals surface area (Å²) in [5, 5.41) is 11.6. The van der Waals surface area contributed by atoms with E-state index in [0.29, 0.717) is 16.5 Å². The monoisotopic (exact) mass is 346 g/mol. The summed E-state index contributed by atoms with van der Waals surface area (Å²) in [5.41, 5.74) is 1.77. The molecule has 0 amide bonds. The fourth-order valence-corrected chi connectivity index (χ4v) is 2.83. The molecule has 3 nitrogen and oxygen atoms in total.